The first-order chi connectivity index (χ1) is 10.3. The zero-order valence-electron chi connectivity index (χ0n) is 11.4. The van der Waals surface area contributed by atoms with Crippen molar-refractivity contribution >= 4 is 23.0 Å². The maximum atomic E-state index is 6.25. The minimum absolute atomic E-state index is 0.741. The van der Waals surface area contributed by atoms with Gasteiger partial charge in [0.15, 0.2) is 0 Å². The van der Waals surface area contributed by atoms with E-state index >= 15 is 0 Å². The van der Waals surface area contributed by atoms with Crippen molar-refractivity contribution in [3.8, 4) is 11.1 Å². The second-order valence-corrected chi connectivity index (χ2v) is 5.68. The third-order valence-electron chi connectivity index (χ3n) is 3.99. The van der Waals surface area contributed by atoms with E-state index in [9.17, 15) is 0 Å². The highest BCUT2D eigenvalue weighted by atomic mass is 35.5. The van der Waals surface area contributed by atoms with Gasteiger partial charge in [0.2, 0.25) is 0 Å². The van der Waals surface area contributed by atoms with Gasteiger partial charge in [-0.15, -0.1) is 0 Å². The van der Waals surface area contributed by atoms with E-state index in [1.54, 1.807) is 0 Å². The summed E-state index contributed by atoms with van der Waals surface area (Å²) in [6.45, 7) is 0. The van der Waals surface area contributed by atoms with E-state index in [2.05, 4.69) is 47.8 Å². The van der Waals surface area contributed by atoms with Crippen LogP contribution in [-0.4, -0.2) is 0 Å². The summed E-state index contributed by atoms with van der Waals surface area (Å²) in [5.41, 5.74) is 7.48. The van der Waals surface area contributed by atoms with Crippen molar-refractivity contribution in [1.29, 1.82) is 0 Å². The van der Waals surface area contributed by atoms with Gasteiger partial charge < -0.3 is 5.32 Å². The van der Waals surface area contributed by atoms with Crippen molar-refractivity contribution in [2.75, 3.05) is 5.32 Å². The highest BCUT2D eigenvalue weighted by Crippen LogP contribution is 2.41. The first kappa shape index (κ1) is 12.5. The zero-order valence-corrected chi connectivity index (χ0v) is 12.2. The number of para-hydroxylation sites is 1. The third-order valence-corrected chi connectivity index (χ3v) is 4.32. The van der Waals surface area contributed by atoms with E-state index < -0.39 is 0 Å². The molecule has 1 aliphatic carbocycles. The predicted octanol–water partition coefficient (Wildman–Crippen LogP) is 5.65. The average molecular weight is 292 g/mol. The fourth-order valence-electron chi connectivity index (χ4n) is 2.98. The molecule has 0 amide bonds. The molecule has 0 atom stereocenters. The number of anilines is 2. The Morgan fingerprint density at radius 1 is 0.714 bits per heavy atom. The number of benzene rings is 3. The van der Waals surface area contributed by atoms with Crippen LogP contribution in [0.2, 0.25) is 5.02 Å². The van der Waals surface area contributed by atoms with Crippen LogP contribution in [0.15, 0.2) is 66.7 Å². The predicted molar refractivity (Wildman–Crippen MR) is 89.4 cm³/mol. The zero-order chi connectivity index (χ0) is 14.2. The maximum absolute atomic E-state index is 6.25. The smallest absolute Gasteiger partial charge is 0.0640 e. The van der Waals surface area contributed by atoms with Crippen molar-refractivity contribution in [3.05, 3.63) is 82.9 Å². The van der Waals surface area contributed by atoms with Crippen LogP contribution in [0, 0.1) is 0 Å². The van der Waals surface area contributed by atoms with Crippen molar-refractivity contribution in [3.63, 3.8) is 0 Å². The van der Waals surface area contributed by atoms with E-state index in [0.717, 1.165) is 22.8 Å². The van der Waals surface area contributed by atoms with Gasteiger partial charge >= 0.3 is 0 Å². The van der Waals surface area contributed by atoms with Crippen LogP contribution in [0.3, 0.4) is 0 Å². The van der Waals surface area contributed by atoms with E-state index in [-0.39, 0.29) is 0 Å². The molecule has 1 aliphatic rings. The van der Waals surface area contributed by atoms with Gasteiger partial charge in [0.25, 0.3) is 0 Å². The second kappa shape index (κ2) is 4.94. The van der Waals surface area contributed by atoms with Crippen molar-refractivity contribution in [2.24, 2.45) is 0 Å². The Kier molecular flexibility index (Phi) is 2.94. The fraction of sp³-hybridized carbons (Fsp3) is 0.0526. The number of rotatable bonds is 2. The first-order valence-electron chi connectivity index (χ1n) is 7.04. The third kappa shape index (κ3) is 2.10. The lowest BCUT2D eigenvalue weighted by molar-refractivity contribution is 1.26. The Morgan fingerprint density at radius 3 is 2.33 bits per heavy atom. The lowest BCUT2D eigenvalue weighted by Gasteiger charge is -2.12. The molecule has 0 fully saturated rings. The molecule has 0 saturated heterocycles. The lowest BCUT2D eigenvalue weighted by atomic mass is 10.0. The Balaban J connectivity index is 1.78. The van der Waals surface area contributed by atoms with Crippen LogP contribution in [0.4, 0.5) is 11.4 Å². The Morgan fingerprint density at radius 2 is 1.43 bits per heavy atom. The number of hydrogen-bond donors (Lipinski definition) is 1. The van der Waals surface area contributed by atoms with E-state index in [1.165, 1.54) is 22.3 Å². The number of halogens is 1. The molecule has 1 N–H and O–H groups in total. The quantitative estimate of drug-likeness (QED) is 0.503. The van der Waals surface area contributed by atoms with Gasteiger partial charge in [-0.3, -0.25) is 0 Å². The average Bonchev–Trinajstić information content (AvgIpc) is 2.89. The molecule has 0 bridgehead atoms. The molecule has 4 rings (SSSR count). The molecule has 2 heteroatoms. The van der Waals surface area contributed by atoms with Gasteiger partial charge in [-0.25, -0.2) is 0 Å². The summed E-state index contributed by atoms with van der Waals surface area (Å²) in [4.78, 5) is 0. The molecule has 0 aromatic heterocycles. The highest BCUT2D eigenvalue weighted by Gasteiger charge is 2.20. The highest BCUT2D eigenvalue weighted by molar-refractivity contribution is 6.33. The van der Waals surface area contributed by atoms with Crippen LogP contribution in [0.5, 0.6) is 0 Å². The molecule has 21 heavy (non-hydrogen) atoms. The summed E-state index contributed by atoms with van der Waals surface area (Å²) < 4.78 is 0. The standard InChI is InChI=1S/C19H14ClN/c20-17-9-3-4-10-19(17)21-18-11-5-8-15-14-7-2-1-6-13(14)12-16(15)18/h1-11,21H,12H2. The van der Waals surface area contributed by atoms with Gasteiger partial charge in [-0.2, -0.15) is 0 Å². The minimum Gasteiger partial charge on any atom is -0.354 e. The molecule has 0 heterocycles. The molecule has 102 valence electrons. The molecule has 0 radical (unpaired) electrons. The second-order valence-electron chi connectivity index (χ2n) is 5.27. The molecule has 0 aliphatic heterocycles. The van der Waals surface area contributed by atoms with Gasteiger partial charge in [0.05, 0.1) is 10.7 Å². The summed E-state index contributed by atoms with van der Waals surface area (Å²) in [7, 11) is 0. The van der Waals surface area contributed by atoms with Gasteiger partial charge in [-0.1, -0.05) is 60.1 Å². The molecule has 3 aromatic rings. The molecule has 1 nitrogen and oxygen atoms in total. The van der Waals surface area contributed by atoms with Gasteiger partial charge in [-0.05, 0) is 40.5 Å². The van der Waals surface area contributed by atoms with Crippen LogP contribution in [0.1, 0.15) is 11.1 Å². The number of nitrogens with one attached hydrogen (secondary N) is 1. The first-order valence-corrected chi connectivity index (χ1v) is 7.42. The van der Waals surface area contributed by atoms with Crippen LogP contribution >= 0.6 is 11.6 Å². The van der Waals surface area contributed by atoms with Crippen molar-refractivity contribution in [1.82, 2.24) is 0 Å². The Bertz CT molecular complexity index is 823. The van der Waals surface area contributed by atoms with Crippen molar-refractivity contribution < 1.29 is 0 Å². The van der Waals surface area contributed by atoms with E-state index in [0.29, 0.717) is 0 Å². The maximum Gasteiger partial charge on any atom is 0.0640 e. The topological polar surface area (TPSA) is 12.0 Å². The largest absolute Gasteiger partial charge is 0.354 e. The Labute approximate surface area is 129 Å². The summed E-state index contributed by atoms with van der Waals surface area (Å²) in [5.74, 6) is 0. The number of fused-ring (bicyclic) bond motifs is 3. The van der Waals surface area contributed by atoms with Gasteiger partial charge in [0.1, 0.15) is 0 Å². The summed E-state index contributed by atoms with van der Waals surface area (Å²) in [6, 6.07) is 22.9. The Hall–Kier alpha value is -2.25. The number of hydrogen-bond acceptors (Lipinski definition) is 1. The van der Waals surface area contributed by atoms with Crippen LogP contribution < -0.4 is 5.32 Å². The lowest BCUT2D eigenvalue weighted by Crippen LogP contribution is -1.95. The normalized spacial score (nSPS) is 11.9. The summed E-state index contributed by atoms with van der Waals surface area (Å²) in [5, 5.41) is 4.22. The minimum atomic E-state index is 0.741. The van der Waals surface area contributed by atoms with E-state index in [4.69, 9.17) is 11.6 Å². The fourth-order valence-corrected chi connectivity index (χ4v) is 3.17. The molecule has 0 unspecified atom stereocenters. The molecule has 0 spiro atoms. The molecular weight excluding hydrogens is 278 g/mol. The molecule has 3 aromatic carbocycles. The van der Waals surface area contributed by atoms with Crippen LogP contribution in [0.25, 0.3) is 11.1 Å². The summed E-state index contributed by atoms with van der Waals surface area (Å²) >= 11 is 6.25. The SMILES string of the molecule is Clc1ccccc1Nc1cccc2c1Cc1ccccc1-2. The van der Waals surface area contributed by atoms with Crippen LogP contribution in [-0.2, 0) is 6.42 Å². The summed E-state index contributed by atoms with van der Waals surface area (Å²) in [6.07, 6.45) is 0.971. The van der Waals surface area contributed by atoms with Crippen molar-refractivity contribution in [2.45, 2.75) is 6.42 Å². The monoisotopic (exact) mass is 291 g/mol. The molecular formula is C19H14ClN. The van der Waals surface area contributed by atoms with E-state index in [1.807, 2.05) is 24.3 Å². The van der Waals surface area contributed by atoms with Gasteiger partial charge in [0, 0.05) is 12.1 Å². The molecule has 0 saturated carbocycles.